The molecule has 15 heavy (non-hydrogen) atoms. The fourth-order valence-electron chi connectivity index (χ4n) is 1.98. The second-order valence-electron chi connectivity index (χ2n) is 5.36. The van der Waals surface area contributed by atoms with Gasteiger partial charge in [-0.1, -0.05) is 0 Å². The van der Waals surface area contributed by atoms with E-state index in [0.29, 0.717) is 8.45 Å². The predicted molar refractivity (Wildman–Crippen MR) is 62.6 cm³/mol. The number of rotatable bonds is 6. The van der Waals surface area contributed by atoms with Gasteiger partial charge in [-0.05, 0) is 0 Å². The number of hydrogen-bond acceptors (Lipinski definition) is 2. The van der Waals surface area contributed by atoms with Crippen LogP contribution in [0, 0.1) is 0 Å². The maximum absolute atomic E-state index is 6.24. The molecule has 0 aliphatic carbocycles. The summed E-state index contributed by atoms with van der Waals surface area (Å²) in [6.45, 7) is 17.4. The van der Waals surface area contributed by atoms with E-state index in [1.54, 1.807) is 0 Å². The van der Waals surface area contributed by atoms with Crippen LogP contribution in [0.2, 0.25) is 8.45 Å². The van der Waals surface area contributed by atoms with Gasteiger partial charge in [0.05, 0.1) is 0 Å². The van der Waals surface area contributed by atoms with Crippen LogP contribution in [0.1, 0.15) is 55.4 Å². The molecule has 0 aliphatic rings. The molecule has 0 aromatic rings. The van der Waals surface area contributed by atoms with E-state index >= 15 is 0 Å². The van der Waals surface area contributed by atoms with E-state index in [1.165, 1.54) is 0 Å². The van der Waals surface area contributed by atoms with Crippen molar-refractivity contribution in [2.45, 2.75) is 76.0 Å². The van der Waals surface area contributed by atoms with Gasteiger partial charge in [0.2, 0.25) is 0 Å². The van der Waals surface area contributed by atoms with Crippen LogP contribution in [0.5, 0.6) is 0 Å². The molecule has 0 heterocycles. The minimum absolute atomic E-state index is 0.272. The van der Waals surface area contributed by atoms with Crippen molar-refractivity contribution in [3.05, 3.63) is 0 Å². The van der Waals surface area contributed by atoms with Crippen molar-refractivity contribution in [3.8, 4) is 0 Å². The van der Waals surface area contributed by atoms with Gasteiger partial charge in [0.25, 0.3) is 0 Å². The number of hydrogen-bond donors (Lipinski definition) is 0. The monoisotopic (exact) mass is 252 g/mol. The van der Waals surface area contributed by atoms with Crippen molar-refractivity contribution in [1.82, 2.24) is 0 Å². The Labute approximate surface area is 100 Å². The molecule has 2 nitrogen and oxygen atoms in total. The summed E-state index contributed by atoms with van der Waals surface area (Å²) in [5.41, 5.74) is 0. The van der Waals surface area contributed by atoms with Gasteiger partial charge in [-0.15, -0.1) is 0 Å². The third kappa shape index (κ3) is 4.56. The standard InChI is InChI=1S/2C3H7O.2C3H7.Ti/c2*1-3(2)4;2*1-3-2;/h2*3H,1-2H3;2*3H,1-2H3;/q2*-1;;;+2. The normalized spacial score (nSPS) is 13.6. The average Bonchev–Trinajstić information content (AvgIpc) is 1.99. The summed E-state index contributed by atoms with van der Waals surface area (Å²) < 4.78 is 13.5. The summed E-state index contributed by atoms with van der Waals surface area (Å²) in [5.74, 6) is 0. The Morgan fingerprint density at radius 3 is 1.00 bits per heavy atom. The molecule has 0 aromatic carbocycles. The maximum atomic E-state index is 6.24. The van der Waals surface area contributed by atoms with Crippen LogP contribution >= 0.6 is 0 Å². The van der Waals surface area contributed by atoms with Gasteiger partial charge in [0.1, 0.15) is 0 Å². The molecule has 0 fully saturated rings. The van der Waals surface area contributed by atoms with Gasteiger partial charge in [-0.25, -0.2) is 0 Å². The molecule has 0 saturated carbocycles. The van der Waals surface area contributed by atoms with Crippen molar-refractivity contribution in [2.24, 2.45) is 0 Å². The molecular weight excluding hydrogens is 224 g/mol. The van der Waals surface area contributed by atoms with Crippen molar-refractivity contribution >= 4 is 0 Å². The predicted octanol–water partition coefficient (Wildman–Crippen LogP) is 4.48. The zero-order valence-corrected chi connectivity index (χ0v) is 13.2. The summed E-state index contributed by atoms with van der Waals surface area (Å²) in [5, 5.41) is 0. The van der Waals surface area contributed by atoms with Crippen LogP contribution < -0.4 is 0 Å². The van der Waals surface area contributed by atoms with E-state index in [2.05, 4.69) is 55.4 Å². The van der Waals surface area contributed by atoms with Crippen LogP contribution in [0.4, 0.5) is 0 Å². The molecule has 0 aliphatic heterocycles. The second kappa shape index (κ2) is 6.39. The van der Waals surface area contributed by atoms with Crippen molar-refractivity contribution in [1.29, 1.82) is 0 Å². The summed E-state index contributed by atoms with van der Waals surface area (Å²) in [6, 6.07) is 0. The van der Waals surface area contributed by atoms with Gasteiger partial charge in [-0.2, -0.15) is 0 Å². The Balaban J connectivity index is 4.90. The minimum atomic E-state index is -2.64. The molecule has 0 N–H and O–H groups in total. The molecular formula is C12H28O2Ti. The molecule has 0 rings (SSSR count). The second-order valence-corrected chi connectivity index (χ2v) is 12.0. The van der Waals surface area contributed by atoms with E-state index in [1.807, 2.05) is 0 Å². The molecule has 0 aromatic heterocycles. The molecule has 0 saturated heterocycles. The van der Waals surface area contributed by atoms with Crippen molar-refractivity contribution in [3.63, 3.8) is 0 Å². The molecule has 92 valence electrons. The zero-order chi connectivity index (χ0) is 12.2. The Morgan fingerprint density at radius 1 is 0.600 bits per heavy atom. The van der Waals surface area contributed by atoms with E-state index in [0.717, 1.165) is 0 Å². The summed E-state index contributed by atoms with van der Waals surface area (Å²) in [6.07, 6.45) is 0.544. The fraction of sp³-hybridized carbons (Fsp3) is 1.00. The SMILES string of the molecule is CC(C)[O][Ti]([O]C(C)C)([CH](C)C)[CH](C)C. The molecule has 0 atom stereocenters. The summed E-state index contributed by atoms with van der Waals surface area (Å²) in [7, 11) is 0. The molecule has 0 spiro atoms. The Hall–Kier alpha value is 0.634. The average molecular weight is 252 g/mol. The van der Waals surface area contributed by atoms with Gasteiger partial charge in [0, 0.05) is 0 Å². The molecule has 0 bridgehead atoms. The van der Waals surface area contributed by atoms with E-state index in [-0.39, 0.29) is 12.2 Å². The Bertz CT molecular complexity index is 156. The topological polar surface area (TPSA) is 18.5 Å². The first-order valence-electron chi connectivity index (χ1n) is 6.08. The quantitative estimate of drug-likeness (QED) is 0.649. The van der Waals surface area contributed by atoms with Crippen LogP contribution in [0.3, 0.4) is 0 Å². The summed E-state index contributed by atoms with van der Waals surface area (Å²) in [4.78, 5) is 0. The third-order valence-corrected chi connectivity index (χ3v) is 10.1. The molecule has 0 radical (unpaired) electrons. The molecule has 3 heteroatoms. The van der Waals surface area contributed by atoms with Gasteiger partial charge < -0.3 is 0 Å². The Kier molecular flexibility index (Phi) is 6.66. The summed E-state index contributed by atoms with van der Waals surface area (Å²) >= 11 is -2.64. The van der Waals surface area contributed by atoms with Crippen LogP contribution in [0.25, 0.3) is 0 Å². The fourth-order valence-corrected chi connectivity index (χ4v) is 8.15. The third-order valence-electron chi connectivity index (χ3n) is 2.45. The first-order valence-corrected chi connectivity index (χ1v) is 9.15. The van der Waals surface area contributed by atoms with Crippen molar-refractivity contribution < 1.29 is 24.0 Å². The van der Waals surface area contributed by atoms with Crippen LogP contribution in [0.15, 0.2) is 0 Å². The van der Waals surface area contributed by atoms with E-state index < -0.39 is 17.4 Å². The van der Waals surface area contributed by atoms with Gasteiger partial charge >= 0.3 is 100 Å². The molecule has 0 unspecified atom stereocenters. The van der Waals surface area contributed by atoms with Gasteiger partial charge in [0.15, 0.2) is 0 Å². The first kappa shape index (κ1) is 15.6. The Morgan fingerprint density at radius 2 is 0.867 bits per heavy atom. The van der Waals surface area contributed by atoms with Crippen LogP contribution in [-0.4, -0.2) is 12.2 Å². The van der Waals surface area contributed by atoms with Gasteiger partial charge in [-0.3, -0.25) is 0 Å². The van der Waals surface area contributed by atoms with E-state index in [4.69, 9.17) is 6.64 Å². The first-order chi connectivity index (χ1) is 6.72. The zero-order valence-electron chi connectivity index (χ0n) is 11.6. The van der Waals surface area contributed by atoms with Crippen LogP contribution in [-0.2, 0) is 24.0 Å². The molecule has 0 amide bonds. The van der Waals surface area contributed by atoms with Crippen molar-refractivity contribution in [2.75, 3.05) is 0 Å². The van der Waals surface area contributed by atoms with E-state index in [9.17, 15) is 0 Å².